The van der Waals surface area contributed by atoms with Crippen LogP contribution in [0.2, 0.25) is 0 Å². The van der Waals surface area contributed by atoms with Gasteiger partial charge in [-0.25, -0.2) is 0 Å². The average Bonchev–Trinajstić information content (AvgIpc) is 2.46. The minimum absolute atomic E-state index is 0.0174. The van der Waals surface area contributed by atoms with E-state index in [-0.39, 0.29) is 5.43 Å². The molecule has 0 aliphatic heterocycles. The van der Waals surface area contributed by atoms with Crippen LogP contribution >= 0.6 is 0 Å². The average molecular weight is 264 g/mol. The number of benzene rings is 2. The summed E-state index contributed by atoms with van der Waals surface area (Å²) in [5.41, 5.74) is 9.60. The fourth-order valence-electron chi connectivity index (χ4n) is 2.44. The molecular weight excluding hydrogens is 248 g/mol. The predicted octanol–water partition coefficient (Wildman–Crippen LogP) is 3.01. The van der Waals surface area contributed by atoms with Crippen LogP contribution in [0.15, 0.2) is 53.3 Å². The molecule has 0 radical (unpaired) electrons. The Morgan fingerprint density at radius 3 is 2.60 bits per heavy atom. The molecule has 3 N–H and O–H groups in total. The molecule has 0 aliphatic carbocycles. The van der Waals surface area contributed by atoms with Crippen molar-refractivity contribution in [3.63, 3.8) is 0 Å². The van der Waals surface area contributed by atoms with Gasteiger partial charge in [0.15, 0.2) is 5.43 Å². The van der Waals surface area contributed by atoms with Gasteiger partial charge < -0.3 is 10.7 Å². The first kappa shape index (κ1) is 12.5. The van der Waals surface area contributed by atoms with Crippen LogP contribution in [0.1, 0.15) is 16.7 Å². The fraction of sp³-hybridized carbons (Fsp3) is 0.118. The Balaban J connectivity index is 2.18. The Kier molecular flexibility index (Phi) is 3.03. The molecule has 0 saturated heterocycles. The molecule has 20 heavy (non-hydrogen) atoms. The predicted molar refractivity (Wildman–Crippen MR) is 83.0 cm³/mol. The third-order valence-corrected chi connectivity index (χ3v) is 3.51. The van der Waals surface area contributed by atoms with E-state index in [2.05, 4.69) is 4.98 Å². The molecule has 3 nitrogen and oxygen atoms in total. The van der Waals surface area contributed by atoms with E-state index < -0.39 is 0 Å². The zero-order chi connectivity index (χ0) is 14.1. The van der Waals surface area contributed by atoms with Crippen molar-refractivity contribution >= 4 is 16.7 Å². The first-order valence-corrected chi connectivity index (χ1v) is 6.60. The van der Waals surface area contributed by atoms with Crippen molar-refractivity contribution in [1.29, 1.82) is 0 Å². The molecule has 0 atom stereocenters. The number of fused-ring (bicyclic) bond motifs is 1. The number of anilines is 1. The van der Waals surface area contributed by atoms with Gasteiger partial charge in [0.1, 0.15) is 5.82 Å². The maximum atomic E-state index is 12.6. The number of rotatable bonds is 2. The van der Waals surface area contributed by atoms with Gasteiger partial charge in [-0.1, -0.05) is 42.0 Å². The van der Waals surface area contributed by atoms with Crippen molar-refractivity contribution in [1.82, 2.24) is 4.98 Å². The maximum absolute atomic E-state index is 12.6. The van der Waals surface area contributed by atoms with Crippen LogP contribution in [0, 0.1) is 6.92 Å². The highest BCUT2D eigenvalue weighted by Crippen LogP contribution is 2.17. The number of nitrogens with one attached hydrogen (secondary N) is 1. The van der Waals surface area contributed by atoms with Crippen LogP contribution in [0.5, 0.6) is 0 Å². The van der Waals surface area contributed by atoms with Gasteiger partial charge in [0, 0.05) is 17.4 Å². The molecule has 3 heteroatoms. The van der Waals surface area contributed by atoms with Gasteiger partial charge in [-0.15, -0.1) is 0 Å². The van der Waals surface area contributed by atoms with Gasteiger partial charge in [-0.05, 0) is 24.6 Å². The first-order valence-electron chi connectivity index (χ1n) is 6.60. The molecule has 0 saturated carbocycles. The van der Waals surface area contributed by atoms with E-state index in [1.54, 1.807) is 0 Å². The molecule has 2 aromatic carbocycles. The number of pyridine rings is 1. The lowest BCUT2D eigenvalue weighted by atomic mass is 10.0. The minimum Gasteiger partial charge on any atom is -0.385 e. The molecule has 1 aromatic heterocycles. The number of nitrogen functional groups attached to an aromatic ring is 1. The number of H-pyrrole nitrogens is 1. The summed E-state index contributed by atoms with van der Waals surface area (Å²) in [4.78, 5) is 15.7. The molecular formula is C17H16N2O. The molecule has 3 aromatic rings. The van der Waals surface area contributed by atoms with Gasteiger partial charge in [0.2, 0.25) is 0 Å². The van der Waals surface area contributed by atoms with E-state index in [0.717, 1.165) is 16.6 Å². The summed E-state index contributed by atoms with van der Waals surface area (Å²) in [5.74, 6) is 0.454. The quantitative estimate of drug-likeness (QED) is 0.747. The Labute approximate surface area is 117 Å². The Bertz CT molecular complexity index is 820. The van der Waals surface area contributed by atoms with Crippen LogP contribution in [-0.4, -0.2) is 4.98 Å². The normalized spacial score (nSPS) is 10.8. The number of aryl methyl sites for hydroxylation is 1. The van der Waals surface area contributed by atoms with Gasteiger partial charge in [-0.3, -0.25) is 4.79 Å². The molecule has 1 heterocycles. The zero-order valence-electron chi connectivity index (χ0n) is 11.3. The van der Waals surface area contributed by atoms with Crippen LogP contribution in [0.4, 0.5) is 5.82 Å². The molecule has 0 aliphatic rings. The van der Waals surface area contributed by atoms with Gasteiger partial charge in [0.25, 0.3) is 0 Å². The largest absolute Gasteiger partial charge is 0.385 e. The number of nitrogens with two attached hydrogens (primary N) is 1. The molecule has 0 spiro atoms. The van der Waals surface area contributed by atoms with Crippen molar-refractivity contribution in [3.8, 4) is 0 Å². The lowest BCUT2D eigenvalue weighted by Gasteiger charge is -2.08. The van der Waals surface area contributed by atoms with E-state index in [1.165, 1.54) is 0 Å². The Morgan fingerprint density at radius 2 is 1.85 bits per heavy atom. The summed E-state index contributed by atoms with van der Waals surface area (Å²) >= 11 is 0. The van der Waals surface area contributed by atoms with E-state index in [9.17, 15) is 4.79 Å². The summed E-state index contributed by atoms with van der Waals surface area (Å²) in [7, 11) is 0. The molecule has 0 fully saturated rings. The van der Waals surface area contributed by atoms with Gasteiger partial charge in [0.05, 0.1) is 5.52 Å². The molecule has 0 unspecified atom stereocenters. The molecule has 0 bridgehead atoms. The topological polar surface area (TPSA) is 58.9 Å². The molecule has 3 rings (SSSR count). The van der Waals surface area contributed by atoms with E-state index in [0.29, 0.717) is 23.2 Å². The summed E-state index contributed by atoms with van der Waals surface area (Å²) in [6.45, 7) is 1.98. The number of aromatic amines is 1. The first-order chi connectivity index (χ1) is 9.65. The van der Waals surface area contributed by atoms with Crippen LogP contribution in [0.25, 0.3) is 10.9 Å². The fourth-order valence-corrected chi connectivity index (χ4v) is 2.44. The second-order valence-corrected chi connectivity index (χ2v) is 5.06. The summed E-state index contributed by atoms with van der Waals surface area (Å²) in [6, 6.07) is 15.7. The zero-order valence-corrected chi connectivity index (χ0v) is 11.3. The summed E-state index contributed by atoms with van der Waals surface area (Å²) in [6.07, 6.45) is 0.548. The number of aromatic nitrogens is 1. The van der Waals surface area contributed by atoms with Crippen molar-refractivity contribution in [2.45, 2.75) is 13.3 Å². The van der Waals surface area contributed by atoms with E-state index in [4.69, 9.17) is 5.73 Å². The summed E-state index contributed by atoms with van der Waals surface area (Å²) < 4.78 is 0. The van der Waals surface area contributed by atoms with Crippen molar-refractivity contribution in [3.05, 3.63) is 75.4 Å². The van der Waals surface area contributed by atoms with Crippen LogP contribution < -0.4 is 11.2 Å². The van der Waals surface area contributed by atoms with Crippen LogP contribution in [-0.2, 0) is 6.42 Å². The highest BCUT2D eigenvalue weighted by Gasteiger charge is 2.10. The van der Waals surface area contributed by atoms with Gasteiger partial charge >= 0.3 is 0 Å². The van der Waals surface area contributed by atoms with Crippen molar-refractivity contribution < 1.29 is 0 Å². The smallest absolute Gasteiger partial charge is 0.195 e. The third kappa shape index (κ3) is 2.18. The third-order valence-electron chi connectivity index (χ3n) is 3.51. The molecule has 100 valence electrons. The van der Waals surface area contributed by atoms with E-state index in [1.807, 2.05) is 55.5 Å². The van der Waals surface area contributed by atoms with E-state index >= 15 is 0 Å². The SMILES string of the molecule is Cc1ccc2[nH]c(N)c(Cc3ccccc3)c(=O)c2c1. The Hall–Kier alpha value is -2.55. The number of hydrogen-bond acceptors (Lipinski definition) is 2. The lowest BCUT2D eigenvalue weighted by Crippen LogP contribution is -2.15. The lowest BCUT2D eigenvalue weighted by molar-refractivity contribution is 1.15. The maximum Gasteiger partial charge on any atom is 0.195 e. The Morgan fingerprint density at radius 1 is 1.10 bits per heavy atom. The van der Waals surface area contributed by atoms with Crippen molar-refractivity contribution in [2.75, 3.05) is 5.73 Å². The minimum atomic E-state index is 0.0174. The second-order valence-electron chi connectivity index (χ2n) is 5.06. The summed E-state index contributed by atoms with van der Waals surface area (Å²) in [5, 5.41) is 0.699. The molecule has 0 amide bonds. The number of hydrogen-bond donors (Lipinski definition) is 2. The highest BCUT2D eigenvalue weighted by atomic mass is 16.1. The van der Waals surface area contributed by atoms with Crippen LogP contribution in [0.3, 0.4) is 0 Å². The van der Waals surface area contributed by atoms with Crippen molar-refractivity contribution in [2.24, 2.45) is 0 Å². The standard InChI is InChI=1S/C17H16N2O/c1-11-7-8-15-13(9-11)16(20)14(17(18)19-15)10-12-5-3-2-4-6-12/h2-9H,10H2,1H3,(H3,18,19,20). The monoisotopic (exact) mass is 264 g/mol. The second kappa shape index (κ2) is 4.85. The van der Waals surface area contributed by atoms with Gasteiger partial charge in [-0.2, -0.15) is 0 Å². The highest BCUT2D eigenvalue weighted by molar-refractivity contribution is 5.82.